The first-order chi connectivity index (χ1) is 18.3. The summed E-state index contributed by atoms with van der Waals surface area (Å²) in [7, 11) is -2.43. The molecule has 4 rings (SSSR count). The summed E-state index contributed by atoms with van der Waals surface area (Å²) in [6.45, 7) is 2.92. The molecule has 0 saturated carbocycles. The van der Waals surface area contributed by atoms with E-state index in [1.807, 2.05) is 54.6 Å². The molecule has 1 heterocycles. The Balaban J connectivity index is 1.31. The van der Waals surface area contributed by atoms with Crippen LogP contribution in [0.1, 0.15) is 24.8 Å². The van der Waals surface area contributed by atoms with Crippen LogP contribution in [0.2, 0.25) is 0 Å². The lowest BCUT2D eigenvalue weighted by Crippen LogP contribution is -2.60. The lowest BCUT2D eigenvalue weighted by molar-refractivity contribution is -0.146. The second kappa shape index (κ2) is 12.5. The van der Waals surface area contributed by atoms with Gasteiger partial charge in [-0.05, 0) is 60.2 Å². The topological polar surface area (TPSA) is 105 Å². The number of hydrogen-bond acceptors (Lipinski definition) is 6. The number of aliphatic carboxylic acids is 1. The Morgan fingerprint density at radius 2 is 1.55 bits per heavy atom. The van der Waals surface area contributed by atoms with E-state index in [1.165, 1.54) is 12.1 Å². The molecular formula is C29H34N2O6S. The summed E-state index contributed by atoms with van der Waals surface area (Å²) < 4.78 is 39.8. The van der Waals surface area contributed by atoms with E-state index in [0.29, 0.717) is 26.3 Å². The minimum atomic E-state index is -4.03. The standard InChI is InChI=1S/C29H34N2O6S/c1-36-26-12-8-24(9-13-26)25-10-14-27(15-11-25)38(34,35)30-29(28(32)33)16-19-31(20-17-29)18-5-21-37-22-23-6-3-2-4-7-23/h2-4,6-15,30H,5,16-22H2,1H3,(H,32,33). The molecule has 0 radical (unpaired) electrons. The Morgan fingerprint density at radius 1 is 0.947 bits per heavy atom. The third kappa shape index (κ3) is 6.99. The molecule has 0 spiro atoms. The van der Waals surface area contributed by atoms with Crippen molar-refractivity contribution in [2.24, 2.45) is 0 Å². The third-order valence-electron chi connectivity index (χ3n) is 6.91. The van der Waals surface area contributed by atoms with Crippen molar-refractivity contribution in [3.05, 3.63) is 84.4 Å². The van der Waals surface area contributed by atoms with Crippen molar-refractivity contribution < 1.29 is 27.8 Å². The van der Waals surface area contributed by atoms with Gasteiger partial charge in [-0.25, -0.2) is 8.42 Å². The van der Waals surface area contributed by atoms with Crippen molar-refractivity contribution in [1.82, 2.24) is 9.62 Å². The van der Waals surface area contributed by atoms with E-state index < -0.39 is 21.5 Å². The maximum atomic E-state index is 13.2. The summed E-state index contributed by atoms with van der Waals surface area (Å²) in [6.07, 6.45) is 1.20. The first kappa shape index (κ1) is 27.8. The molecule has 0 unspecified atom stereocenters. The molecule has 8 nitrogen and oxygen atoms in total. The maximum Gasteiger partial charge on any atom is 0.324 e. The van der Waals surface area contributed by atoms with Gasteiger partial charge in [-0.15, -0.1) is 0 Å². The molecule has 1 aliphatic rings. The number of sulfonamides is 1. The molecule has 1 aliphatic heterocycles. The quantitative estimate of drug-likeness (QED) is 0.334. The lowest BCUT2D eigenvalue weighted by atomic mass is 9.89. The second-order valence-electron chi connectivity index (χ2n) is 9.48. The molecule has 1 saturated heterocycles. The molecular weight excluding hydrogens is 504 g/mol. The Morgan fingerprint density at radius 3 is 2.13 bits per heavy atom. The minimum Gasteiger partial charge on any atom is -0.497 e. The number of nitrogens with one attached hydrogen (secondary N) is 1. The third-order valence-corrected chi connectivity index (χ3v) is 8.46. The SMILES string of the molecule is COc1ccc(-c2ccc(S(=O)(=O)NC3(C(=O)O)CCN(CCCOCc4ccccc4)CC3)cc2)cc1. The van der Waals surface area contributed by atoms with Crippen LogP contribution in [0.3, 0.4) is 0 Å². The smallest absolute Gasteiger partial charge is 0.324 e. The minimum absolute atomic E-state index is 0.0355. The number of piperidine rings is 1. The van der Waals surface area contributed by atoms with Crippen molar-refractivity contribution in [2.75, 3.05) is 33.4 Å². The Hall–Kier alpha value is -3.24. The largest absolute Gasteiger partial charge is 0.497 e. The van der Waals surface area contributed by atoms with Crippen LogP contribution in [-0.4, -0.2) is 63.3 Å². The Kier molecular flexibility index (Phi) is 9.17. The average molecular weight is 539 g/mol. The van der Waals surface area contributed by atoms with Gasteiger partial charge in [-0.3, -0.25) is 4.79 Å². The molecule has 0 atom stereocenters. The number of methoxy groups -OCH3 is 1. The fourth-order valence-electron chi connectivity index (χ4n) is 4.60. The Bertz CT molecular complexity index is 1290. The van der Waals surface area contributed by atoms with E-state index in [2.05, 4.69) is 9.62 Å². The molecule has 9 heteroatoms. The first-order valence-corrected chi connectivity index (χ1v) is 14.2. The number of rotatable bonds is 12. The molecule has 0 amide bonds. The van der Waals surface area contributed by atoms with E-state index >= 15 is 0 Å². The van der Waals surface area contributed by atoms with Crippen molar-refractivity contribution in [3.63, 3.8) is 0 Å². The highest BCUT2D eigenvalue weighted by molar-refractivity contribution is 7.89. The van der Waals surface area contributed by atoms with Gasteiger partial charge >= 0.3 is 5.97 Å². The molecule has 0 aromatic heterocycles. The van der Waals surface area contributed by atoms with Gasteiger partial charge < -0.3 is 19.5 Å². The average Bonchev–Trinajstić information content (AvgIpc) is 2.94. The van der Waals surface area contributed by atoms with Crippen LogP contribution in [0, 0.1) is 0 Å². The zero-order valence-electron chi connectivity index (χ0n) is 21.5. The van der Waals surface area contributed by atoms with Gasteiger partial charge in [-0.1, -0.05) is 54.6 Å². The zero-order valence-corrected chi connectivity index (χ0v) is 22.3. The van der Waals surface area contributed by atoms with Crippen LogP contribution in [0.4, 0.5) is 0 Å². The van der Waals surface area contributed by atoms with Crippen molar-refractivity contribution >= 4 is 16.0 Å². The summed E-state index contributed by atoms with van der Waals surface area (Å²) in [4.78, 5) is 14.4. The van der Waals surface area contributed by atoms with E-state index in [1.54, 1.807) is 19.2 Å². The predicted molar refractivity (Wildman–Crippen MR) is 146 cm³/mol. The number of carboxylic acid groups (broad SMARTS) is 1. The first-order valence-electron chi connectivity index (χ1n) is 12.7. The predicted octanol–water partition coefficient (Wildman–Crippen LogP) is 4.17. The van der Waals surface area contributed by atoms with Crippen LogP contribution in [-0.2, 0) is 26.2 Å². The molecule has 3 aromatic carbocycles. The van der Waals surface area contributed by atoms with Gasteiger partial charge in [0.2, 0.25) is 10.0 Å². The van der Waals surface area contributed by atoms with E-state index in [9.17, 15) is 18.3 Å². The number of benzene rings is 3. The normalized spacial score (nSPS) is 15.7. The molecule has 3 aromatic rings. The van der Waals surface area contributed by atoms with Crippen LogP contribution in [0.15, 0.2) is 83.8 Å². The molecule has 0 aliphatic carbocycles. The van der Waals surface area contributed by atoms with E-state index in [4.69, 9.17) is 9.47 Å². The van der Waals surface area contributed by atoms with Crippen molar-refractivity contribution in [2.45, 2.75) is 36.3 Å². The van der Waals surface area contributed by atoms with Crippen LogP contribution < -0.4 is 9.46 Å². The number of nitrogens with zero attached hydrogens (tertiary/aromatic N) is 1. The highest BCUT2D eigenvalue weighted by Gasteiger charge is 2.44. The summed E-state index contributed by atoms with van der Waals surface area (Å²) >= 11 is 0. The van der Waals surface area contributed by atoms with Gasteiger partial charge in [0.05, 0.1) is 18.6 Å². The Labute approximate surface area is 224 Å². The fourth-order valence-corrected chi connectivity index (χ4v) is 6.02. The number of carboxylic acids is 1. The number of ether oxygens (including phenoxy) is 2. The lowest BCUT2D eigenvalue weighted by Gasteiger charge is -2.39. The van der Waals surface area contributed by atoms with Gasteiger partial charge in [0.1, 0.15) is 11.3 Å². The monoisotopic (exact) mass is 538 g/mol. The van der Waals surface area contributed by atoms with Gasteiger partial charge in [0.25, 0.3) is 0 Å². The summed E-state index contributed by atoms with van der Waals surface area (Å²) in [6, 6.07) is 23.9. The molecule has 1 fully saturated rings. The molecule has 2 N–H and O–H groups in total. The molecule has 202 valence electrons. The highest BCUT2D eigenvalue weighted by atomic mass is 32.2. The van der Waals surface area contributed by atoms with E-state index in [0.717, 1.165) is 35.4 Å². The summed E-state index contributed by atoms with van der Waals surface area (Å²) in [5.41, 5.74) is 1.36. The van der Waals surface area contributed by atoms with Gasteiger partial charge in [-0.2, -0.15) is 4.72 Å². The zero-order chi connectivity index (χ0) is 27.0. The van der Waals surface area contributed by atoms with Crippen LogP contribution in [0.25, 0.3) is 11.1 Å². The van der Waals surface area contributed by atoms with Crippen molar-refractivity contribution in [1.29, 1.82) is 0 Å². The van der Waals surface area contributed by atoms with Crippen molar-refractivity contribution in [3.8, 4) is 16.9 Å². The van der Waals surface area contributed by atoms with Gasteiger partial charge in [0.15, 0.2) is 0 Å². The second-order valence-corrected chi connectivity index (χ2v) is 11.2. The molecule has 38 heavy (non-hydrogen) atoms. The van der Waals surface area contributed by atoms with Crippen LogP contribution >= 0.6 is 0 Å². The number of carbonyl (C=O) groups is 1. The highest BCUT2D eigenvalue weighted by Crippen LogP contribution is 2.28. The molecule has 0 bridgehead atoms. The van der Waals surface area contributed by atoms with E-state index in [-0.39, 0.29) is 17.7 Å². The summed E-state index contributed by atoms with van der Waals surface area (Å²) in [5, 5.41) is 10.00. The summed E-state index contributed by atoms with van der Waals surface area (Å²) in [5.74, 6) is -0.416. The number of likely N-dealkylation sites (tertiary alicyclic amines) is 1. The fraction of sp³-hybridized carbons (Fsp3) is 0.345. The maximum absolute atomic E-state index is 13.2. The number of hydrogen-bond donors (Lipinski definition) is 2. The van der Waals surface area contributed by atoms with Gasteiger partial charge in [0, 0.05) is 26.2 Å². The van der Waals surface area contributed by atoms with Crippen LogP contribution in [0.5, 0.6) is 5.75 Å².